The van der Waals surface area contributed by atoms with Gasteiger partial charge in [-0.15, -0.1) is 0 Å². The molecule has 2 aromatic heterocycles. The van der Waals surface area contributed by atoms with Gasteiger partial charge in [-0.2, -0.15) is 5.10 Å². The van der Waals surface area contributed by atoms with Crippen LogP contribution in [0.5, 0.6) is 0 Å². The predicted molar refractivity (Wildman–Crippen MR) is 96.9 cm³/mol. The van der Waals surface area contributed by atoms with E-state index in [1.807, 2.05) is 55.8 Å². The number of H-pyrrole nitrogens is 1. The summed E-state index contributed by atoms with van der Waals surface area (Å²) in [6, 6.07) is 9.53. The summed E-state index contributed by atoms with van der Waals surface area (Å²) in [7, 11) is 0. The molecule has 0 saturated heterocycles. The summed E-state index contributed by atoms with van der Waals surface area (Å²) in [4.78, 5) is 27.9. The van der Waals surface area contributed by atoms with Crippen molar-refractivity contribution in [2.75, 3.05) is 5.32 Å². The Hall–Kier alpha value is -2.89. The second-order valence-corrected chi connectivity index (χ2v) is 7.48. The number of rotatable bonds is 1. The van der Waals surface area contributed by atoms with Gasteiger partial charge in [0, 0.05) is 29.0 Å². The molecule has 3 heterocycles. The number of pyridine rings is 1. The first kappa shape index (κ1) is 15.6. The summed E-state index contributed by atoms with van der Waals surface area (Å²) < 4.78 is 1.81. The van der Waals surface area contributed by atoms with E-state index in [-0.39, 0.29) is 29.3 Å². The van der Waals surface area contributed by atoms with Crippen molar-refractivity contribution in [3.8, 4) is 0 Å². The number of carbonyl (C=O) groups is 1. The first-order valence-electron chi connectivity index (χ1n) is 8.35. The normalized spacial score (nSPS) is 17.4. The first-order chi connectivity index (χ1) is 11.8. The zero-order chi connectivity index (χ0) is 17.8. The van der Waals surface area contributed by atoms with Crippen LogP contribution >= 0.6 is 0 Å². The van der Waals surface area contributed by atoms with Gasteiger partial charge in [0.25, 0.3) is 5.56 Å². The number of hydrogen-bond acceptors (Lipinski definition) is 3. The van der Waals surface area contributed by atoms with Crippen LogP contribution in [-0.4, -0.2) is 20.7 Å². The molecule has 1 aromatic carbocycles. The largest absolute Gasteiger partial charge is 0.322 e. The summed E-state index contributed by atoms with van der Waals surface area (Å²) in [5.74, 6) is 0.283. The van der Waals surface area contributed by atoms with Crippen molar-refractivity contribution in [1.82, 2.24) is 14.8 Å². The van der Waals surface area contributed by atoms with E-state index in [0.717, 1.165) is 16.5 Å². The van der Waals surface area contributed by atoms with Gasteiger partial charge >= 0.3 is 0 Å². The Morgan fingerprint density at radius 1 is 1.16 bits per heavy atom. The van der Waals surface area contributed by atoms with Gasteiger partial charge in [0.1, 0.15) is 5.82 Å². The molecular weight excluding hydrogens is 316 g/mol. The van der Waals surface area contributed by atoms with E-state index in [1.54, 1.807) is 6.20 Å². The molecule has 1 aliphatic heterocycles. The van der Waals surface area contributed by atoms with E-state index in [1.165, 1.54) is 0 Å². The van der Waals surface area contributed by atoms with E-state index < -0.39 is 0 Å². The number of fused-ring (bicyclic) bond motifs is 2. The van der Waals surface area contributed by atoms with E-state index in [2.05, 4.69) is 15.4 Å². The van der Waals surface area contributed by atoms with Crippen LogP contribution in [-0.2, 0) is 10.3 Å². The minimum Gasteiger partial charge on any atom is -0.322 e. The summed E-state index contributed by atoms with van der Waals surface area (Å²) in [5, 5.41) is 8.33. The second-order valence-electron chi connectivity index (χ2n) is 7.48. The number of carbonyl (C=O) groups excluding carboxylic acids is 1. The molecule has 0 spiro atoms. The van der Waals surface area contributed by atoms with Crippen molar-refractivity contribution in [3.05, 3.63) is 58.0 Å². The third kappa shape index (κ3) is 2.54. The third-order valence-corrected chi connectivity index (χ3v) is 4.61. The molecule has 0 radical (unpaired) electrons. The number of nitrogens with zero attached hydrogens (tertiary/aromatic N) is 2. The maximum atomic E-state index is 12.6. The average molecular weight is 336 g/mol. The van der Waals surface area contributed by atoms with Crippen LogP contribution in [0.1, 0.15) is 44.2 Å². The minimum atomic E-state index is -0.298. The molecule has 4 rings (SSSR count). The fraction of sp³-hybridized carbons (Fsp3) is 0.316. The molecule has 0 saturated carbocycles. The number of nitrogens with one attached hydrogen (secondary N) is 2. The predicted octanol–water partition coefficient (Wildman–Crippen LogP) is 2.95. The summed E-state index contributed by atoms with van der Waals surface area (Å²) in [6.45, 7) is 6.08. The Balaban J connectivity index is 1.91. The maximum Gasteiger partial charge on any atom is 0.252 e. The molecule has 0 fully saturated rings. The quantitative estimate of drug-likeness (QED) is 0.717. The number of amides is 1. The number of anilines is 1. The Labute approximate surface area is 144 Å². The van der Waals surface area contributed by atoms with Gasteiger partial charge in [0.15, 0.2) is 0 Å². The molecular formula is C19H20N4O2. The molecule has 6 heteroatoms. The molecule has 128 valence electrons. The minimum absolute atomic E-state index is 0.101. The van der Waals surface area contributed by atoms with Gasteiger partial charge < -0.3 is 10.3 Å². The molecule has 1 unspecified atom stereocenters. The Morgan fingerprint density at radius 2 is 1.92 bits per heavy atom. The first-order valence-corrected chi connectivity index (χ1v) is 8.35. The van der Waals surface area contributed by atoms with Gasteiger partial charge in [-0.05, 0) is 38.3 Å². The van der Waals surface area contributed by atoms with E-state index in [9.17, 15) is 9.59 Å². The van der Waals surface area contributed by atoms with Crippen LogP contribution in [0.4, 0.5) is 5.82 Å². The van der Waals surface area contributed by atoms with Crippen molar-refractivity contribution < 1.29 is 4.79 Å². The highest BCUT2D eigenvalue weighted by Gasteiger charge is 2.33. The van der Waals surface area contributed by atoms with Crippen molar-refractivity contribution >= 4 is 22.6 Å². The Bertz CT molecular complexity index is 1040. The van der Waals surface area contributed by atoms with Gasteiger partial charge in [0.2, 0.25) is 5.91 Å². The molecule has 1 amide bonds. The molecule has 1 aliphatic rings. The SMILES string of the molecule is CC(C)(C)n1ncc2c1NC(=O)CC2c1cc2ccccc2[nH]c1=O. The summed E-state index contributed by atoms with van der Waals surface area (Å²) in [6.07, 6.45) is 2.00. The lowest BCUT2D eigenvalue weighted by molar-refractivity contribution is -0.116. The maximum absolute atomic E-state index is 12.6. The van der Waals surface area contributed by atoms with Gasteiger partial charge in [-0.1, -0.05) is 18.2 Å². The molecule has 6 nitrogen and oxygen atoms in total. The van der Waals surface area contributed by atoms with Crippen LogP contribution < -0.4 is 10.9 Å². The number of hydrogen-bond donors (Lipinski definition) is 2. The smallest absolute Gasteiger partial charge is 0.252 e. The van der Waals surface area contributed by atoms with Crippen molar-refractivity contribution in [2.24, 2.45) is 0 Å². The number of aromatic nitrogens is 3. The van der Waals surface area contributed by atoms with Crippen molar-refractivity contribution in [3.63, 3.8) is 0 Å². The topological polar surface area (TPSA) is 79.8 Å². The Morgan fingerprint density at radius 3 is 2.68 bits per heavy atom. The standard InChI is InChI=1S/C19H20N4O2/c1-19(2,3)23-17-14(10-20-23)12(9-16(24)22-17)13-8-11-6-4-5-7-15(11)21-18(13)25/h4-8,10,12H,9H2,1-3H3,(H,21,25)(H,22,24). The van der Waals surface area contributed by atoms with Crippen LogP contribution in [0.25, 0.3) is 10.9 Å². The molecule has 0 bridgehead atoms. The number of benzene rings is 1. The van der Waals surface area contributed by atoms with E-state index >= 15 is 0 Å². The second kappa shape index (κ2) is 5.31. The van der Waals surface area contributed by atoms with Gasteiger partial charge in [-0.25, -0.2) is 4.68 Å². The highest BCUT2D eigenvalue weighted by atomic mass is 16.2. The molecule has 25 heavy (non-hydrogen) atoms. The number of aromatic amines is 1. The van der Waals surface area contributed by atoms with Crippen molar-refractivity contribution in [1.29, 1.82) is 0 Å². The van der Waals surface area contributed by atoms with Gasteiger partial charge in [-0.3, -0.25) is 9.59 Å². The van der Waals surface area contributed by atoms with E-state index in [4.69, 9.17) is 0 Å². The van der Waals surface area contributed by atoms with Crippen LogP contribution in [0.15, 0.2) is 41.3 Å². The van der Waals surface area contributed by atoms with Crippen LogP contribution in [0, 0.1) is 0 Å². The van der Waals surface area contributed by atoms with Crippen molar-refractivity contribution in [2.45, 2.75) is 38.6 Å². The Kier molecular flexibility index (Phi) is 3.32. The van der Waals surface area contributed by atoms with Gasteiger partial charge in [0.05, 0.1) is 11.7 Å². The van der Waals surface area contributed by atoms with Crippen LogP contribution in [0.3, 0.4) is 0 Å². The zero-order valence-electron chi connectivity index (χ0n) is 14.5. The van der Waals surface area contributed by atoms with E-state index in [0.29, 0.717) is 11.4 Å². The zero-order valence-corrected chi connectivity index (χ0v) is 14.5. The fourth-order valence-corrected chi connectivity index (χ4v) is 3.43. The number of para-hydroxylation sites is 1. The summed E-state index contributed by atoms with van der Waals surface area (Å²) >= 11 is 0. The lowest BCUT2D eigenvalue weighted by Crippen LogP contribution is -2.31. The lowest BCUT2D eigenvalue weighted by atomic mass is 9.87. The monoisotopic (exact) mass is 336 g/mol. The highest BCUT2D eigenvalue weighted by Crippen LogP contribution is 2.38. The molecule has 1 atom stereocenters. The lowest BCUT2D eigenvalue weighted by Gasteiger charge is -2.27. The highest BCUT2D eigenvalue weighted by molar-refractivity contribution is 5.94. The summed E-state index contributed by atoms with van der Waals surface area (Å²) in [5.41, 5.74) is 1.85. The van der Waals surface area contributed by atoms with Crippen LogP contribution in [0.2, 0.25) is 0 Å². The fourth-order valence-electron chi connectivity index (χ4n) is 3.43. The molecule has 2 N–H and O–H groups in total. The molecule has 3 aromatic rings. The average Bonchev–Trinajstić information content (AvgIpc) is 2.97. The third-order valence-electron chi connectivity index (χ3n) is 4.61. The molecule has 0 aliphatic carbocycles.